The molecule has 0 saturated carbocycles. The van der Waals surface area contributed by atoms with Gasteiger partial charge in [0.1, 0.15) is 5.76 Å². The Hall–Kier alpha value is -1.61. The van der Waals surface area contributed by atoms with Gasteiger partial charge in [-0.1, -0.05) is 11.6 Å². The number of furan rings is 1. The van der Waals surface area contributed by atoms with Gasteiger partial charge in [0.25, 0.3) is 0 Å². The molecule has 0 fully saturated rings. The van der Waals surface area contributed by atoms with E-state index >= 15 is 0 Å². The molecule has 20 heavy (non-hydrogen) atoms. The normalized spacial score (nSPS) is 17.6. The second-order valence-electron chi connectivity index (χ2n) is 5.44. The molecule has 0 saturated heterocycles. The molecular formula is C16H19ClN2O. The molecule has 2 aromatic rings. The summed E-state index contributed by atoms with van der Waals surface area (Å²) in [7, 11) is 4.08. The summed E-state index contributed by atoms with van der Waals surface area (Å²) in [6.45, 7) is 0. The van der Waals surface area contributed by atoms with Crippen LogP contribution in [0.25, 0.3) is 0 Å². The van der Waals surface area contributed by atoms with Gasteiger partial charge in [-0.3, -0.25) is 0 Å². The van der Waals surface area contributed by atoms with E-state index in [4.69, 9.17) is 16.0 Å². The molecule has 0 amide bonds. The van der Waals surface area contributed by atoms with Crippen LogP contribution in [0.2, 0.25) is 5.02 Å². The molecule has 3 nitrogen and oxygen atoms in total. The first kappa shape index (κ1) is 13.4. The molecule has 0 radical (unpaired) electrons. The highest BCUT2D eigenvalue weighted by Gasteiger charge is 2.23. The number of rotatable bonds is 3. The number of anilines is 2. The number of fused-ring (bicyclic) bond motifs is 1. The van der Waals surface area contributed by atoms with Gasteiger partial charge >= 0.3 is 0 Å². The first-order chi connectivity index (χ1) is 9.65. The predicted molar refractivity (Wildman–Crippen MR) is 83.8 cm³/mol. The Bertz CT molecular complexity index is 606. The number of nitrogens with one attached hydrogen (secondary N) is 1. The highest BCUT2D eigenvalue weighted by atomic mass is 35.5. The fourth-order valence-corrected chi connectivity index (χ4v) is 3.01. The lowest BCUT2D eigenvalue weighted by molar-refractivity contribution is 0.461. The lowest BCUT2D eigenvalue weighted by atomic mass is 9.93. The average molecular weight is 291 g/mol. The van der Waals surface area contributed by atoms with Crippen molar-refractivity contribution >= 4 is 23.0 Å². The maximum Gasteiger partial charge on any atom is 0.109 e. The topological polar surface area (TPSA) is 28.4 Å². The minimum Gasteiger partial charge on any atom is -0.469 e. The Morgan fingerprint density at radius 1 is 1.30 bits per heavy atom. The molecule has 1 aromatic carbocycles. The Balaban J connectivity index is 1.91. The van der Waals surface area contributed by atoms with Gasteiger partial charge in [0.2, 0.25) is 0 Å². The number of halogens is 1. The molecule has 1 unspecified atom stereocenters. The van der Waals surface area contributed by atoms with E-state index in [-0.39, 0.29) is 0 Å². The van der Waals surface area contributed by atoms with Crippen molar-refractivity contribution < 1.29 is 4.42 Å². The molecule has 0 bridgehead atoms. The van der Waals surface area contributed by atoms with Crippen LogP contribution in [-0.4, -0.2) is 14.1 Å². The molecule has 1 aromatic heterocycles. The van der Waals surface area contributed by atoms with Gasteiger partial charge in [0.05, 0.1) is 23.7 Å². The summed E-state index contributed by atoms with van der Waals surface area (Å²) >= 11 is 6.14. The van der Waals surface area contributed by atoms with Crippen LogP contribution in [-0.2, 0) is 6.42 Å². The minimum atomic E-state index is 0.301. The molecule has 106 valence electrons. The van der Waals surface area contributed by atoms with Crippen molar-refractivity contribution in [2.45, 2.75) is 25.3 Å². The van der Waals surface area contributed by atoms with Gasteiger partial charge < -0.3 is 14.6 Å². The van der Waals surface area contributed by atoms with E-state index in [1.807, 2.05) is 32.3 Å². The van der Waals surface area contributed by atoms with Crippen LogP contribution in [0.1, 0.15) is 30.2 Å². The molecule has 1 heterocycles. The third kappa shape index (κ3) is 2.50. The van der Waals surface area contributed by atoms with Crippen molar-refractivity contribution in [3.8, 4) is 0 Å². The summed E-state index contributed by atoms with van der Waals surface area (Å²) < 4.78 is 5.55. The second-order valence-corrected chi connectivity index (χ2v) is 5.88. The minimum absolute atomic E-state index is 0.301. The van der Waals surface area contributed by atoms with Crippen molar-refractivity contribution in [2.75, 3.05) is 24.3 Å². The van der Waals surface area contributed by atoms with Gasteiger partial charge in [-0.05, 0) is 37.1 Å². The largest absolute Gasteiger partial charge is 0.469 e. The molecule has 1 atom stereocenters. The summed E-state index contributed by atoms with van der Waals surface area (Å²) in [5, 5.41) is 4.38. The highest BCUT2D eigenvalue weighted by Crippen LogP contribution is 2.36. The first-order valence-electron chi connectivity index (χ1n) is 6.95. The van der Waals surface area contributed by atoms with Crippen LogP contribution < -0.4 is 10.2 Å². The van der Waals surface area contributed by atoms with E-state index in [0.717, 1.165) is 41.4 Å². The lowest BCUT2D eigenvalue weighted by Crippen LogP contribution is -2.18. The van der Waals surface area contributed by atoms with Crippen LogP contribution >= 0.6 is 11.6 Å². The molecule has 1 aliphatic rings. The van der Waals surface area contributed by atoms with Crippen molar-refractivity contribution in [3.63, 3.8) is 0 Å². The number of hydrogen-bond acceptors (Lipinski definition) is 3. The fraction of sp³-hybridized carbons (Fsp3) is 0.375. The summed E-state index contributed by atoms with van der Waals surface area (Å²) in [6, 6.07) is 8.34. The van der Waals surface area contributed by atoms with Crippen LogP contribution in [0, 0.1) is 0 Å². The van der Waals surface area contributed by atoms with Crippen molar-refractivity contribution in [1.82, 2.24) is 0 Å². The standard InChI is InChI=1S/C16H19ClN2O/c1-19(2)15-7-6-11(17)10-14(15)18-13-4-3-5-16-12(13)8-9-20-16/h6-10,13,18H,3-5H2,1-2H3. The Labute approximate surface area is 124 Å². The monoisotopic (exact) mass is 290 g/mol. The Kier molecular flexibility index (Phi) is 3.62. The molecule has 1 N–H and O–H groups in total. The zero-order valence-electron chi connectivity index (χ0n) is 11.8. The van der Waals surface area contributed by atoms with Gasteiger partial charge in [-0.25, -0.2) is 0 Å². The number of nitrogens with zero attached hydrogens (tertiary/aromatic N) is 1. The zero-order valence-corrected chi connectivity index (χ0v) is 12.6. The van der Waals surface area contributed by atoms with Crippen LogP contribution in [0.15, 0.2) is 34.9 Å². The number of aryl methyl sites for hydroxylation is 1. The van der Waals surface area contributed by atoms with Crippen molar-refractivity contribution in [1.29, 1.82) is 0 Å². The molecule has 3 rings (SSSR count). The quantitative estimate of drug-likeness (QED) is 0.903. The molecule has 1 aliphatic carbocycles. The average Bonchev–Trinajstić information content (AvgIpc) is 2.88. The maximum absolute atomic E-state index is 6.14. The number of benzene rings is 1. The van der Waals surface area contributed by atoms with E-state index in [2.05, 4.69) is 16.3 Å². The van der Waals surface area contributed by atoms with Crippen LogP contribution in [0.3, 0.4) is 0 Å². The SMILES string of the molecule is CN(C)c1ccc(Cl)cc1NC1CCCc2occc21. The van der Waals surface area contributed by atoms with Gasteiger partial charge in [0.15, 0.2) is 0 Å². The zero-order chi connectivity index (χ0) is 14.1. The van der Waals surface area contributed by atoms with Gasteiger partial charge in [-0.15, -0.1) is 0 Å². The maximum atomic E-state index is 6.14. The van der Waals surface area contributed by atoms with E-state index in [1.165, 1.54) is 5.56 Å². The molecule has 0 aliphatic heterocycles. The van der Waals surface area contributed by atoms with Crippen LogP contribution in [0.5, 0.6) is 0 Å². The Morgan fingerprint density at radius 2 is 2.15 bits per heavy atom. The summed E-state index contributed by atoms with van der Waals surface area (Å²) in [6.07, 6.45) is 5.09. The third-order valence-electron chi connectivity index (χ3n) is 3.82. The summed E-state index contributed by atoms with van der Waals surface area (Å²) in [5.41, 5.74) is 3.49. The second kappa shape index (κ2) is 5.41. The number of hydrogen-bond donors (Lipinski definition) is 1. The van der Waals surface area contributed by atoms with Crippen molar-refractivity contribution in [3.05, 3.63) is 46.9 Å². The van der Waals surface area contributed by atoms with Crippen molar-refractivity contribution in [2.24, 2.45) is 0 Å². The van der Waals surface area contributed by atoms with E-state index in [0.29, 0.717) is 6.04 Å². The first-order valence-corrected chi connectivity index (χ1v) is 7.32. The van der Waals surface area contributed by atoms with E-state index < -0.39 is 0 Å². The predicted octanol–water partition coefficient (Wildman–Crippen LogP) is 4.49. The lowest BCUT2D eigenvalue weighted by Gasteiger charge is -2.26. The summed E-state index contributed by atoms with van der Waals surface area (Å²) in [4.78, 5) is 2.10. The molecule has 4 heteroatoms. The van der Waals surface area contributed by atoms with E-state index in [1.54, 1.807) is 6.26 Å². The smallest absolute Gasteiger partial charge is 0.109 e. The molecule has 0 spiro atoms. The fourth-order valence-electron chi connectivity index (χ4n) is 2.84. The highest BCUT2D eigenvalue weighted by molar-refractivity contribution is 6.31. The van der Waals surface area contributed by atoms with Crippen LogP contribution in [0.4, 0.5) is 11.4 Å². The van der Waals surface area contributed by atoms with E-state index in [9.17, 15) is 0 Å². The Morgan fingerprint density at radius 3 is 2.95 bits per heavy atom. The molecular weight excluding hydrogens is 272 g/mol. The third-order valence-corrected chi connectivity index (χ3v) is 4.06. The summed E-state index contributed by atoms with van der Waals surface area (Å²) in [5.74, 6) is 1.11. The van der Waals surface area contributed by atoms with Gasteiger partial charge in [0, 0.05) is 31.1 Å². The van der Waals surface area contributed by atoms with Gasteiger partial charge in [-0.2, -0.15) is 0 Å².